The van der Waals surface area contributed by atoms with Crippen LogP contribution >= 0.6 is 0 Å². The standard InChI is InChI=1S/C16H14N2O3/c1-18(2)12-7-5-11(6-8-12)10-13-16(19)21-15(17-13)14-4-3-9-20-14/h3-10H,1-2H3/b13-10+. The van der Waals surface area contributed by atoms with Crippen LogP contribution in [0, 0.1) is 0 Å². The predicted molar refractivity (Wildman–Crippen MR) is 80.1 cm³/mol. The first-order valence-electron chi connectivity index (χ1n) is 6.47. The van der Waals surface area contributed by atoms with Crippen LogP contribution in [0.4, 0.5) is 5.69 Å². The fraction of sp³-hybridized carbons (Fsp3) is 0.125. The van der Waals surface area contributed by atoms with Gasteiger partial charge in [0.15, 0.2) is 11.5 Å². The van der Waals surface area contributed by atoms with Crippen LogP contribution in [0.2, 0.25) is 0 Å². The van der Waals surface area contributed by atoms with E-state index in [9.17, 15) is 4.79 Å². The van der Waals surface area contributed by atoms with Gasteiger partial charge in [0.1, 0.15) is 0 Å². The topological polar surface area (TPSA) is 55.0 Å². The van der Waals surface area contributed by atoms with Gasteiger partial charge in [0.05, 0.1) is 6.26 Å². The summed E-state index contributed by atoms with van der Waals surface area (Å²) >= 11 is 0. The molecular formula is C16H14N2O3. The maximum Gasteiger partial charge on any atom is 0.363 e. The molecule has 0 spiro atoms. The summed E-state index contributed by atoms with van der Waals surface area (Å²) in [6.45, 7) is 0. The molecule has 0 aliphatic carbocycles. The Labute approximate surface area is 122 Å². The number of benzene rings is 1. The van der Waals surface area contributed by atoms with E-state index in [1.165, 1.54) is 6.26 Å². The number of ether oxygens (including phenoxy) is 1. The molecule has 5 heteroatoms. The fourth-order valence-electron chi connectivity index (χ4n) is 1.94. The van der Waals surface area contributed by atoms with Crippen molar-refractivity contribution in [2.45, 2.75) is 0 Å². The molecular weight excluding hydrogens is 268 g/mol. The predicted octanol–water partition coefficient (Wildman–Crippen LogP) is 2.69. The number of hydrogen-bond donors (Lipinski definition) is 0. The van der Waals surface area contributed by atoms with Gasteiger partial charge < -0.3 is 14.1 Å². The van der Waals surface area contributed by atoms with Gasteiger partial charge >= 0.3 is 5.97 Å². The minimum Gasteiger partial charge on any atom is -0.459 e. The van der Waals surface area contributed by atoms with Gasteiger partial charge in [-0.1, -0.05) is 12.1 Å². The molecule has 0 radical (unpaired) electrons. The zero-order chi connectivity index (χ0) is 14.8. The van der Waals surface area contributed by atoms with Gasteiger partial charge in [-0.15, -0.1) is 0 Å². The average molecular weight is 282 g/mol. The second-order valence-corrected chi connectivity index (χ2v) is 4.80. The largest absolute Gasteiger partial charge is 0.459 e. The zero-order valence-electron chi connectivity index (χ0n) is 11.7. The van der Waals surface area contributed by atoms with Crippen molar-refractivity contribution in [2.24, 2.45) is 4.99 Å². The molecule has 106 valence electrons. The van der Waals surface area contributed by atoms with E-state index in [-0.39, 0.29) is 11.6 Å². The highest BCUT2D eigenvalue weighted by Gasteiger charge is 2.25. The second-order valence-electron chi connectivity index (χ2n) is 4.80. The van der Waals surface area contributed by atoms with Crippen molar-refractivity contribution in [3.63, 3.8) is 0 Å². The molecule has 5 nitrogen and oxygen atoms in total. The minimum absolute atomic E-state index is 0.196. The third kappa shape index (κ3) is 2.72. The van der Waals surface area contributed by atoms with Crippen molar-refractivity contribution < 1.29 is 13.9 Å². The smallest absolute Gasteiger partial charge is 0.363 e. The quantitative estimate of drug-likeness (QED) is 0.641. The summed E-state index contributed by atoms with van der Waals surface area (Å²) in [5.41, 5.74) is 2.24. The van der Waals surface area contributed by atoms with Crippen LogP contribution in [0.5, 0.6) is 0 Å². The van der Waals surface area contributed by atoms with Crippen molar-refractivity contribution in [3.05, 3.63) is 59.7 Å². The number of anilines is 1. The van der Waals surface area contributed by atoms with Crippen LogP contribution in [0.3, 0.4) is 0 Å². The molecule has 0 unspecified atom stereocenters. The number of esters is 1. The first-order valence-corrected chi connectivity index (χ1v) is 6.47. The van der Waals surface area contributed by atoms with Crippen LogP contribution in [0.25, 0.3) is 6.08 Å². The van der Waals surface area contributed by atoms with E-state index >= 15 is 0 Å². The van der Waals surface area contributed by atoms with Crippen molar-refractivity contribution in [1.29, 1.82) is 0 Å². The molecule has 21 heavy (non-hydrogen) atoms. The lowest BCUT2D eigenvalue weighted by molar-refractivity contribution is -0.130. The minimum atomic E-state index is -0.474. The van der Waals surface area contributed by atoms with Crippen LogP contribution < -0.4 is 4.90 Å². The number of furan rings is 1. The van der Waals surface area contributed by atoms with Crippen molar-refractivity contribution in [3.8, 4) is 0 Å². The summed E-state index contributed by atoms with van der Waals surface area (Å²) in [6.07, 6.45) is 3.20. The van der Waals surface area contributed by atoms with E-state index in [1.807, 2.05) is 43.3 Å². The van der Waals surface area contributed by atoms with E-state index in [0.29, 0.717) is 5.76 Å². The molecule has 3 rings (SSSR count). The van der Waals surface area contributed by atoms with Gasteiger partial charge in [-0.05, 0) is 35.9 Å². The van der Waals surface area contributed by atoms with E-state index in [2.05, 4.69) is 4.99 Å². The van der Waals surface area contributed by atoms with Gasteiger partial charge in [-0.2, -0.15) is 0 Å². The summed E-state index contributed by atoms with van der Waals surface area (Å²) in [7, 11) is 3.95. The maximum absolute atomic E-state index is 11.8. The molecule has 0 amide bonds. The Bertz CT molecular complexity index is 710. The average Bonchev–Trinajstić information content (AvgIpc) is 3.10. The molecule has 1 aromatic carbocycles. The van der Waals surface area contributed by atoms with Gasteiger partial charge in [0.2, 0.25) is 0 Å². The fourth-order valence-corrected chi connectivity index (χ4v) is 1.94. The van der Waals surface area contributed by atoms with Crippen molar-refractivity contribution in [1.82, 2.24) is 0 Å². The Morgan fingerprint density at radius 3 is 2.52 bits per heavy atom. The summed E-state index contributed by atoms with van der Waals surface area (Å²) in [6, 6.07) is 11.2. The van der Waals surface area contributed by atoms with Gasteiger partial charge in [0, 0.05) is 19.8 Å². The lowest BCUT2D eigenvalue weighted by Gasteiger charge is -2.11. The number of hydrogen-bond acceptors (Lipinski definition) is 5. The number of cyclic esters (lactones) is 1. The number of rotatable bonds is 3. The Morgan fingerprint density at radius 2 is 1.90 bits per heavy atom. The number of nitrogens with zero attached hydrogens (tertiary/aromatic N) is 2. The first-order chi connectivity index (χ1) is 10.1. The molecule has 2 aromatic rings. The van der Waals surface area contributed by atoms with Crippen LogP contribution in [-0.2, 0) is 9.53 Å². The first kappa shape index (κ1) is 13.2. The summed E-state index contributed by atoms with van der Waals surface area (Å²) < 4.78 is 10.3. The lowest BCUT2D eigenvalue weighted by atomic mass is 10.1. The number of carbonyl (C=O) groups is 1. The normalized spacial score (nSPS) is 16.0. The maximum atomic E-state index is 11.8. The summed E-state index contributed by atoms with van der Waals surface area (Å²) in [4.78, 5) is 18.0. The summed E-state index contributed by atoms with van der Waals surface area (Å²) in [5.74, 6) is 0.161. The zero-order valence-corrected chi connectivity index (χ0v) is 11.7. The Balaban J connectivity index is 1.87. The number of aliphatic imine (C=N–C) groups is 1. The highest BCUT2D eigenvalue weighted by Crippen LogP contribution is 2.20. The van der Waals surface area contributed by atoms with Crippen molar-refractivity contribution >= 4 is 23.6 Å². The molecule has 0 fully saturated rings. The second kappa shape index (κ2) is 5.28. The van der Waals surface area contributed by atoms with Crippen LogP contribution in [0.15, 0.2) is 57.8 Å². The van der Waals surface area contributed by atoms with Crippen LogP contribution in [-0.4, -0.2) is 26.0 Å². The Kier molecular flexibility index (Phi) is 3.31. The van der Waals surface area contributed by atoms with E-state index in [1.54, 1.807) is 18.2 Å². The Hall–Kier alpha value is -2.82. The van der Waals surface area contributed by atoms with E-state index in [4.69, 9.17) is 9.15 Å². The van der Waals surface area contributed by atoms with Crippen LogP contribution in [0.1, 0.15) is 11.3 Å². The highest BCUT2D eigenvalue weighted by atomic mass is 16.6. The molecule has 0 bridgehead atoms. The molecule has 1 aliphatic heterocycles. The molecule has 0 N–H and O–H groups in total. The monoisotopic (exact) mass is 282 g/mol. The molecule has 0 atom stereocenters. The van der Waals surface area contributed by atoms with Crippen molar-refractivity contribution in [2.75, 3.05) is 19.0 Å². The third-order valence-corrected chi connectivity index (χ3v) is 3.07. The third-order valence-electron chi connectivity index (χ3n) is 3.07. The molecule has 2 heterocycles. The van der Waals surface area contributed by atoms with Gasteiger partial charge in [-0.25, -0.2) is 9.79 Å². The highest BCUT2D eigenvalue weighted by molar-refractivity contribution is 6.11. The van der Waals surface area contributed by atoms with E-state index in [0.717, 1.165) is 11.3 Å². The van der Waals surface area contributed by atoms with Gasteiger partial charge in [-0.3, -0.25) is 0 Å². The molecule has 1 aliphatic rings. The lowest BCUT2D eigenvalue weighted by Crippen LogP contribution is -2.08. The Morgan fingerprint density at radius 1 is 1.14 bits per heavy atom. The van der Waals surface area contributed by atoms with Gasteiger partial charge in [0.25, 0.3) is 5.90 Å². The SMILES string of the molecule is CN(C)c1ccc(/C=C2/N=C(c3ccco3)OC2=O)cc1. The molecule has 0 saturated heterocycles. The number of carbonyl (C=O) groups excluding carboxylic acids is 1. The molecule has 0 saturated carbocycles. The van der Waals surface area contributed by atoms with E-state index < -0.39 is 5.97 Å². The molecule has 1 aromatic heterocycles. The summed E-state index contributed by atoms with van der Waals surface area (Å²) in [5, 5.41) is 0.